The molecule has 1 aliphatic carbocycles. The quantitative estimate of drug-likeness (QED) is 0.715. The molecular formula is C10H16N2O. The van der Waals surface area contributed by atoms with Gasteiger partial charge in [0.1, 0.15) is 0 Å². The zero-order valence-corrected chi connectivity index (χ0v) is 8.42. The van der Waals surface area contributed by atoms with Gasteiger partial charge in [-0.3, -0.25) is 0 Å². The second-order valence-corrected chi connectivity index (χ2v) is 4.03. The van der Waals surface area contributed by atoms with Crippen LogP contribution in [0, 0.1) is 11.8 Å². The van der Waals surface area contributed by atoms with E-state index in [2.05, 4.69) is 23.8 Å². The van der Waals surface area contributed by atoms with Gasteiger partial charge in [0.25, 0.3) is 6.01 Å². The molecule has 0 aliphatic heterocycles. The number of nitrogens with one attached hydrogen (secondary N) is 1. The number of hydrogen-bond donors (Lipinski definition) is 1. The van der Waals surface area contributed by atoms with Crippen LogP contribution >= 0.6 is 0 Å². The Labute approximate surface area is 78.5 Å². The molecule has 2 unspecified atom stereocenters. The maximum Gasteiger partial charge on any atom is 0.293 e. The molecule has 0 aromatic carbocycles. The molecule has 1 heterocycles. The summed E-state index contributed by atoms with van der Waals surface area (Å²) in [7, 11) is 1.65. The average molecular weight is 180 g/mol. The van der Waals surface area contributed by atoms with Gasteiger partial charge in [0.2, 0.25) is 0 Å². The SMILES string of the molecule is COc1nc2c([nH]1)CC(C)C(C)C2. The van der Waals surface area contributed by atoms with Gasteiger partial charge in [-0.1, -0.05) is 13.8 Å². The average Bonchev–Trinajstić information content (AvgIpc) is 2.48. The van der Waals surface area contributed by atoms with E-state index in [4.69, 9.17) is 4.74 Å². The van der Waals surface area contributed by atoms with Crippen LogP contribution in [0.15, 0.2) is 0 Å². The van der Waals surface area contributed by atoms with Gasteiger partial charge in [0.05, 0.1) is 12.8 Å². The summed E-state index contributed by atoms with van der Waals surface area (Å²) >= 11 is 0. The second kappa shape index (κ2) is 3.05. The predicted molar refractivity (Wildman–Crippen MR) is 50.9 cm³/mol. The van der Waals surface area contributed by atoms with Crippen LogP contribution in [0.3, 0.4) is 0 Å². The standard InChI is InChI=1S/C10H16N2O/c1-6-4-8-9(5-7(6)2)12-10(11-8)13-3/h6-7H,4-5H2,1-3H3,(H,11,12). The highest BCUT2D eigenvalue weighted by Crippen LogP contribution is 2.29. The van der Waals surface area contributed by atoms with Crippen molar-refractivity contribution in [1.82, 2.24) is 9.97 Å². The van der Waals surface area contributed by atoms with Crippen LogP contribution in [0.25, 0.3) is 0 Å². The van der Waals surface area contributed by atoms with E-state index >= 15 is 0 Å². The number of imidazole rings is 1. The van der Waals surface area contributed by atoms with E-state index in [1.807, 2.05) is 0 Å². The minimum atomic E-state index is 0.659. The first-order valence-corrected chi connectivity index (χ1v) is 4.82. The van der Waals surface area contributed by atoms with E-state index in [0.717, 1.165) is 24.7 Å². The van der Waals surface area contributed by atoms with Crippen LogP contribution in [0.5, 0.6) is 6.01 Å². The summed E-state index contributed by atoms with van der Waals surface area (Å²) in [6.45, 7) is 4.58. The van der Waals surface area contributed by atoms with Gasteiger partial charge in [-0.15, -0.1) is 0 Å². The fourth-order valence-corrected chi connectivity index (χ4v) is 1.88. The molecule has 72 valence electrons. The fraction of sp³-hybridized carbons (Fsp3) is 0.700. The van der Waals surface area contributed by atoms with Gasteiger partial charge < -0.3 is 9.72 Å². The van der Waals surface area contributed by atoms with E-state index in [9.17, 15) is 0 Å². The lowest BCUT2D eigenvalue weighted by atomic mass is 9.82. The first-order valence-electron chi connectivity index (χ1n) is 4.82. The second-order valence-electron chi connectivity index (χ2n) is 4.03. The van der Waals surface area contributed by atoms with Crippen LogP contribution in [0.4, 0.5) is 0 Å². The molecule has 0 fully saturated rings. The lowest BCUT2D eigenvalue weighted by Gasteiger charge is -2.24. The van der Waals surface area contributed by atoms with Crippen LogP contribution in [-0.2, 0) is 12.8 Å². The molecule has 2 rings (SSSR count). The van der Waals surface area contributed by atoms with Gasteiger partial charge in [0, 0.05) is 5.69 Å². The Hall–Kier alpha value is -0.990. The zero-order chi connectivity index (χ0) is 9.42. The molecule has 1 aromatic heterocycles. The van der Waals surface area contributed by atoms with Crippen LogP contribution in [0.1, 0.15) is 25.2 Å². The van der Waals surface area contributed by atoms with Crippen molar-refractivity contribution in [2.45, 2.75) is 26.7 Å². The minimum Gasteiger partial charge on any atom is -0.468 e. The van der Waals surface area contributed by atoms with Crippen LogP contribution in [-0.4, -0.2) is 17.1 Å². The summed E-state index contributed by atoms with van der Waals surface area (Å²) in [5.41, 5.74) is 2.46. The first-order chi connectivity index (χ1) is 6.20. The van der Waals surface area contributed by atoms with Gasteiger partial charge in [-0.25, -0.2) is 4.98 Å². The van der Waals surface area contributed by atoms with Crippen molar-refractivity contribution in [3.8, 4) is 6.01 Å². The van der Waals surface area contributed by atoms with Crippen molar-refractivity contribution in [2.75, 3.05) is 7.11 Å². The largest absolute Gasteiger partial charge is 0.468 e. The Kier molecular flexibility index (Phi) is 2.02. The number of fused-ring (bicyclic) bond motifs is 1. The maximum atomic E-state index is 5.07. The third kappa shape index (κ3) is 1.43. The van der Waals surface area contributed by atoms with Crippen molar-refractivity contribution in [3.05, 3.63) is 11.4 Å². The number of aromatic amines is 1. The molecule has 3 heteroatoms. The topological polar surface area (TPSA) is 37.9 Å². The van der Waals surface area contributed by atoms with Crippen molar-refractivity contribution in [1.29, 1.82) is 0 Å². The molecule has 2 atom stereocenters. The normalized spacial score (nSPS) is 27.0. The van der Waals surface area contributed by atoms with E-state index in [1.54, 1.807) is 7.11 Å². The lowest BCUT2D eigenvalue weighted by Crippen LogP contribution is -2.20. The molecule has 1 aliphatic rings. The van der Waals surface area contributed by atoms with E-state index in [-0.39, 0.29) is 0 Å². The van der Waals surface area contributed by atoms with Crippen molar-refractivity contribution >= 4 is 0 Å². The fourth-order valence-electron chi connectivity index (χ4n) is 1.88. The molecule has 0 saturated carbocycles. The summed E-state index contributed by atoms with van der Waals surface area (Å²) in [5.74, 6) is 1.48. The summed E-state index contributed by atoms with van der Waals surface area (Å²) in [4.78, 5) is 7.58. The number of aromatic nitrogens is 2. The molecule has 0 amide bonds. The summed E-state index contributed by atoms with van der Waals surface area (Å²) in [6, 6.07) is 0.659. The Bertz CT molecular complexity index is 278. The molecule has 0 saturated heterocycles. The molecule has 1 N–H and O–H groups in total. The van der Waals surface area contributed by atoms with Crippen molar-refractivity contribution in [3.63, 3.8) is 0 Å². The predicted octanol–water partition coefficient (Wildman–Crippen LogP) is 1.79. The number of methoxy groups -OCH3 is 1. The number of rotatable bonds is 1. The summed E-state index contributed by atoms with van der Waals surface area (Å²) in [5, 5.41) is 0. The van der Waals surface area contributed by atoms with Gasteiger partial charge in [-0.2, -0.15) is 0 Å². The number of nitrogens with zero attached hydrogens (tertiary/aromatic N) is 1. The third-order valence-electron chi connectivity index (χ3n) is 3.05. The van der Waals surface area contributed by atoms with Crippen molar-refractivity contribution in [2.24, 2.45) is 11.8 Å². The van der Waals surface area contributed by atoms with Gasteiger partial charge in [-0.05, 0) is 24.7 Å². The molecule has 0 spiro atoms. The monoisotopic (exact) mass is 180 g/mol. The first kappa shape index (κ1) is 8.60. The summed E-state index contributed by atoms with van der Waals surface area (Å²) < 4.78 is 5.07. The maximum absolute atomic E-state index is 5.07. The molecule has 13 heavy (non-hydrogen) atoms. The lowest BCUT2D eigenvalue weighted by molar-refractivity contribution is 0.355. The number of ether oxygens (including phenoxy) is 1. The molecule has 0 bridgehead atoms. The number of hydrogen-bond acceptors (Lipinski definition) is 2. The Balaban J connectivity index is 2.29. The highest BCUT2D eigenvalue weighted by Gasteiger charge is 2.24. The highest BCUT2D eigenvalue weighted by atomic mass is 16.5. The highest BCUT2D eigenvalue weighted by molar-refractivity contribution is 5.21. The molecular weight excluding hydrogens is 164 g/mol. The Morgan fingerprint density at radius 1 is 1.31 bits per heavy atom. The molecule has 3 nitrogen and oxygen atoms in total. The van der Waals surface area contributed by atoms with E-state index in [0.29, 0.717) is 6.01 Å². The molecule has 1 aromatic rings. The Morgan fingerprint density at radius 3 is 2.69 bits per heavy atom. The molecule has 0 radical (unpaired) electrons. The van der Waals surface area contributed by atoms with Gasteiger partial charge >= 0.3 is 0 Å². The minimum absolute atomic E-state index is 0.659. The Morgan fingerprint density at radius 2 is 2.00 bits per heavy atom. The van der Waals surface area contributed by atoms with Crippen molar-refractivity contribution < 1.29 is 4.74 Å². The smallest absolute Gasteiger partial charge is 0.293 e. The van der Waals surface area contributed by atoms with Crippen LogP contribution < -0.4 is 4.74 Å². The zero-order valence-electron chi connectivity index (χ0n) is 8.42. The number of H-pyrrole nitrogens is 1. The van der Waals surface area contributed by atoms with Crippen LogP contribution in [0.2, 0.25) is 0 Å². The summed E-state index contributed by atoms with van der Waals surface area (Å²) in [6.07, 6.45) is 2.18. The third-order valence-corrected chi connectivity index (χ3v) is 3.05. The van der Waals surface area contributed by atoms with Gasteiger partial charge in [0.15, 0.2) is 0 Å². The van der Waals surface area contributed by atoms with E-state index in [1.165, 1.54) is 11.4 Å². The van der Waals surface area contributed by atoms with E-state index < -0.39 is 0 Å².